The molecule has 0 bridgehead atoms. The van der Waals surface area contributed by atoms with Crippen molar-refractivity contribution >= 4 is 39.2 Å². The molecular weight excluding hydrogens is 418 g/mol. The fraction of sp³-hybridized carbons (Fsp3) is 0.364. The Labute approximate surface area is 183 Å². The smallest absolute Gasteiger partial charge is 0.311 e. The maximum atomic E-state index is 13.1. The third-order valence-corrected chi connectivity index (χ3v) is 5.68. The Morgan fingerprint density at radius 3 is 2.74 bits per heavy atom. The minimum absolute atomic E-state index is 0.0384. The number of anilines is 1. The van der Waals surface area contributed by atoms with Gasteiger partial charge in [0.1, 0.15) is 11.8 Å². The topological polar surface area (TPSA) is 99.5 Å². The van der Waals surface area contributed by atoms with Gasteiger partial charge < -0.3 is 14.8 Å². The van der Waals surface area contributed by atoms with E-state index in [1.807, 2.05) is 26.0 Å². The first kappa shape index (κ1) is 22.5. The zero-order chi connectivity index (χ0) is 22.5. The van der Waals surface area contributed by atoms with Crippen LogP contribution in [-0.2, 0) is 20.7 Å². The molecule has 31 heavy (non-hydrogen) atoms. The second-order valence-electron chi connectivity index (χ2n) is 6.93. The van der Waals surface area contributed by atoms with Gasteiger partial charge in [-0.2, -0.15) is 0 Å². The Kier molecular flexibility index (Phi) is 7.06. The van der Waals surface area contributed by atoms with Crippen molar-refractivity contribution in [2.75, 3.05) is 19.0 Å². The molecule has 0 spiro atoms. The molecule has 1 aromatic carbocycles. The van der Waals surface area contributed by atoms with Gasteiger partial charge in [-0.1, -0.05) is 19.1 Å². The number of benzene rings is 1. The second kappa shape index (κ2) is 9.74. The largest absolute Gasteiger partial charge is 0.495 e. The van der Waals surface area contributed by atoms with Crippen LogP contribution >= 0.6 is 11.3 Å². The average Bonchev–Trinajstić information content (AvgIpc) is 3.16. The summed E-state index contributed by atoms with van der Waals surface area (Å²) in [6.45, 7) is 5.73. The number of aromatic nitrogens is 2. The monoisotopic (exact) mass is 443 g/mol. The van der Waals surface area contributed by atoms with E-state index in [0.29, 0.717) is 35.1 Å². The predicted octanol–water partition coefficient (Wildman–Crippen LogP) is 3.47. The molecule has 0 radical (unpaired) electrons. The van der Waals surface area contributed by atoms with Crippen molar-refractivity contribution in [1.29, 1.82) is 0 Å². The quantitative estimate of drug-likeness (QED) is 0.535. The molecule has 0 aliphatic rings. The summed E-state index contributed by atoms with van der Waals surface area (Å²) < 4.78 is 11.9. The first-order chi connectivity index (χ1) is 14.9. The summed E-state index contributed by atoms with van der Waals surface area (Å²) in [6, 6.07) is 6.29. The highest BCUT2D eigenvalue weighted by molar-refractivity contribution is 7.13. The zero-order valence-electron chi connectivity index (χ0n) is 17.9. The fourth-order valence-electron chi connectivity index (χ4n) is 3.49. The highest BCUT2D eigenvalue weighted by Crippen LogP contribution is 2.30. The minimum Gasteiger partial charge on any atom is -0.495 e. The number of para-hydroxylation sites is 1. The van der Waals surface area contributed by atoms with Crippen molar-refractivity contribution < 1.29 is 19.1 Å². The zero-order valence-corrected chi connectivity index (χ0v) is 18.7. The van der Waals surface area contributed by atoms with Gasteiger partial charge in [0.25, 0.3) is 5.56 Å². The fourth-order valence-corrected chi connectivity index (χ4v) is 4.20. The van der Waals surface area contributed by atoms with Crippen LogP contribution in [-0.4, -0.2) is 35.1 Å². The van der Waals surface area contributed by atoms with Gasteiger partial charge in [0.2, 0.25) is 5.91 Å². The summed E-state index contributed by atoms with van der Waals surface area (Å²) in [5.74, 6) is -0.213. The van der Waals surface area contributed by atoms with Crippen molar-refractivity contribution in [2.24, 2.45) is 0 Å². The maximum absolute atomic E-state index is 13.1. The summed E-state index contributed by atoms with van der Waals surface area (Å²) in [6.07, 6.45) is 0.430. The van der Waals surface area contributed by atoms with Crippen LogP contribution in [0, 0.1) is 6.92 Å². The lowest BCUT2D eigenvalue weighted by Crippen LogP contribution is -2.33. The first-order valence-electron chi connectivity index (χ1n) is 9.99. The molecule has 9 heteroatoms. The Hall–Kier alpha value is -3.20. The van der Waals surface area contributed by atoms with Crippen LogP contribution in [0.1, 0.15) is 37.6 Å². The normalized spacial score (nSPS) is 11.9. The van der Waals surface area contributed by atoms with Gasteiger partial charge >= 0.3 is 5.97 Å². The summed E-state index contributed by atoms with van der Waals surface area (Å²) in [7, 11) is 1.54. The van der Waals surface area contributed by atoms with Gasteiger partial charge in [0.15, 0.2) is 5.13 Å². The standard InChI is InChI=1S/C22H25N3O5S/c1-5-16(21(28)24-22-23-14(12-31-22)11-19(27)30-6-2)25-18(26)10-13(3)15-8-7-9-17(29-4)20(15)25/h7-10,12,16H,5-6,11H2,1-4H3,(H,23,24,28). The number of ether oxygens (including phenoxy) is 2. The highest BCUT2D eigenvalue weighted by atomic mass is 32.1. The van der Waals surface area contributed by atoms with E-state index in [4.69, 9.17) is 9.47 Å². The SMILES string of the molecule is CCOC(=O)Cc1csc(NC(=O)C(CC)n2c(=O)cc(C)c3cccc(OC)c32)n1. The highest BCUT2D eigenvalue weighted by Gasteiger charge is 2.25. The molecule has 2 heterocycles. The molecule has 0 fully saturated rings. The number of esters is 1. The Morgan fingerprint density at radius 1 is 1.29 bits per heavy atom. The third-order valence-electron chi connectivity index (χ3n) is 4.88. The predicted molar refractivity (Wildman–Crippen MR) is 120 cm³/mol. The van der Waals surface area contributed by atoms with Crippen molar-refractivity contribution in [1.82, 2.24) is 9.55 Å². The molecule has 0 saturated heterocycles. The van der Waals surface area contributed by atoms with Gasteiger partial charge in [-0.15, -0.1) is 11.3 Å². The number of carbonyl (C=O) groups excluding carboxylic acids is 2. The number of amides is 1. The average molecular weight is 444 g/mol. The molecule has 1 amide bonds. The minimum atomic E-state index is -0.760. The number of carbonyl (C=O) groups is 2. The maximum Gasteiger partial charge on any atom is 0.311 e. The number of hydrogen-bond donors (Lipinski definition) is 1. The van der Waals surface area contributed by atoms with Crippen LogP contribution in [0.4, 0.5) is 5.13 Å². The van der Waals surface area contributed by atoms with Gasteiger partial charge in [-0.25, -0.2) is 4.98 Å². The third kappa shape index (κ3) is 4.77. The number of rotatable bonds is 8. The van der Waals surface area contributed by atoms with Crippen molar-refractivity contribution in [3.05, 3.63) is 51.3 Å². The lowest BCUT2D eigenvalue weighted by Gasteiger charge is -2.21. The number of nitrogens with zero attached hydrogens (tertiary/aromatic N) is 2. The number of methoxy groups -OCH3 is 1. The molecule has 1 N–H and O–H groups in total. The van der Waals surface area contributed by atoms with E-state index in [1.165, 1.54) is 29.1 Å². The molecule has 0 aliphatic carbocycles. The Bertz CT molecular complexity index is 1170. The van der Waals surface area contributed by atoms with E-state index in [2.05, 4.69) is 10.3 Å². The van der Waals surface area contributed by atoms with Crippen LogP contribution in [0.2, 0.25) is 0 Å². The van der Waals surface area contributed by atoms with Crippen LogP contribution in [0.3, 0.4) is 0 Å². The molecule has 1 atom stereocenters. The van der Waals surface area contributed by atoms with E-state index in [-0.39, 0.29) is 23.9 Å². The van der Waals surface area contributed by atoms with Crippen molar-refractivity contribution in [3.63, 3.8) is 0 Å². The van der Waals surface area contributed by atoms with E-state index < -0.39 is 6.04 Å². The number of nitrogens with one attached hydrogen (secondary N) is 1. The van der Waals surface area contributed by atoms with Crippen molar-refractivity contribution in [2.45, 2.75) is 39.7 Å². The number of pyridine rings is 1. The lowest BCUT2D eigenvalue weighted by atomic mass is 10.1. The van der Waals surface area contributed by atoms with E-state index in [0.717, 1.165) is 10.9 Å². The second-order valence-corrected chi connectivity index (χ2v) is 7.79. The molecule has 0 saturated carbocycles. The number of hydrogen-bond acceptors (Lipinski definition) is 7. The molecule has 3 rings (SSSR count). The lowest BCUT2D eigenvalue weighted by molar-refractivity contribution is -0.142. The molecule has 0 aliphatic heterocycles. The van der Waals surface area contributed by atoms with Crippen molar-refractivity contribution in [3.8, 4) is 5.75 Å². The Balaban J connectivity index is 1.94. The Morgan fingerprint density at radius 2 is 2.06 bits per heavy atom. The number of thiazole rings is 1. The summed E-state index contributed by atoms with van der Waals surface area (Å²) in [4.78, 5) is 42.0. The molecule has 2 aromatic heterocycles. The summed E-state index contributed by atoms with van der Waals surface area (Å²) in [5.41, 5.74) is 1.64. The van der Waals surface area contributed by atoms with Crippen LogP contribution < -0.4 is 15.6 Å². The molecule has 3 aromatic rings. The number of aryl methyl sites for hydroxylation is 1. The molecule has 8 nitrogen and oxygen atoms in total. The van der Waals surface area contributed by atoms with Gasteiger partial charge in [-0.05, 0) is 31.9 Å². The number of fused-ring (bicyclic) bond motifs is 1. The molecule has 164 valence electrons. The van der Waals surface area contributed by atoms with Gasteiger partial charge in [0.05, 0.1) is 31.3 Å². The molecular formula is C22H25N3O5S. The van der Waals surface area contributed by atoms with E-state index in [9.17, 15) is 14.4 Å². The summed E-state index contributed by atoms with van der Waals surface area (Å²) in [5, 5.41) is 5.68. The van der Waals surface area contributed by atoms with Crippen LogP contribution in [0.25, 0.3) is 10.9 Å². The molecule has 1 unspecified atom stereocenters. The summed E-state index contributed by atoms with van der Waals surface area (Å²) >= 11 is 1.22. The van der Waals surface area contributed by atoms with E-state index in [1.54, 1.807) is 18.4 Å². The van der Waals surface area contributed by atoms with Gasteiger partial charge in [-0.3, -0.25) is 19.0 Å². The first-order valence-corrected chi connectivity index (χ1v) is 10.9. The van der Waals surface area contributed by atoms with Gasteiger partial charge in [0, 0.05) is 16.8 Å². The van der Waals surface area contributed by atoms with Crippen LogP contribution in [0.15, 0.2) is 34.4 Å². The van der Waals surface area contributed by atoms with E-state index >= 15 is 0 Å². The van der Waals surface area contributed by atoms with Crippen LogP contribution in [0.5, 0.6) is 5.75 Å².